The van der Waals surface area contributed by atoms with Gasteiger partial charge in [-0.1, -0.05) is 39.0 Å². The van der Waals surface area contributed by atoms with E-state index in [0.717, 1.165) is 0 Å². The van der Waals surface area contributed by atoms with Gasteiger partial charge in [0, 0.05) is 0 Å². The van der Waals surface area contributed by atoms with Crippen molar-refractivity contribution < 1.29 is 9.53 Å². The van der Waals surface area contributed by atoms with Crippen LogP contribution in [0.3, 0.4) is 0 Å². The zero-order valence-corrected chi connectivity index (χ0v) is 10.9. The van der Waals surface area contributed by atoms with Crippen molar-refractivity contribution in [2.75, 3.05) is 6.61 Å². The maximum atomic E-state index is 11.7. The lowest BCUT2D eigenvalue weighted by Crippen LogP contribution is -2.28. The molecule has 16 heavy (non-hydrogen) atoms. The molecule has 1 rings (SSSR count). The fourth-order valence-corrected chi connectivity index (χ4v) is 2.89. The van der Waals surface area contributed by atoms with Crippen LogP contribution in [0, 0.1) is 5.41 Å². The van der Waals surface area contributed by atoms with E-state index in [1.54, 1.807) is 0 Å². The molecule has 0 aromatic heterocycles. The van der Waals surface area contributed by atoms with Crippen LogP contribution in [0.2, 0.25) is 0 Å². The molecule has 0 atom stereocenters. The molecule has 0 bridgehead atoms. The zero-order chi connectivity index (χ0) is 11.9. The largest absolute Gasteiger partial charge is 0.466 e. The van der Waals surface area contributed by atoms with Gasteiger partial charge in [0.15, 0.2) is 0 Å². The van der Waals surface area contributed by atoms with Crippen molar-refractivity contribution in [2.45, 2.75) is 71.6 Å². The monoisotopic (exact) mass is 226 g/mol. The van der Waals surface area contributed by atoms with E-state index >= 15 is 0 Å². The first-order valence-corrected chi connectivity index (χ1v) is 6.88. The summed E-state index contributed by atoms with van der Waals surface area (Å²) >= 11 is 0. The van der Waals surface area contributed by atoms with Gasteiger partial charge in [-0.25, -0.2) is 0 Å². The molecule has 2 heteroatoms. The molecule has 1 fully saturated rings. The average molecular weight is 226 g/mol. The Kier molecular flexibility index (Phi) is 5.86. The lowest BCUT2D eigenvalue weighted by Gasteiger charge is -2.36. The number of hydrogen-bond acceptors (Lipinski definition) is 2. The number of carbonyl (C=O) groups is 1. The Bertz CT molecular complexity index is 205. The Labute approximate surface area is 99.8 Å². The minimum Gasteiger partial charge on any atom is -0.466 e. The second kappa shape index (κ2) is 6.93. The summed E-state index contributed by atoms with van der Waals surface area (Å²) in [5.41, 5.74) is 0.278. The highest BCUT2D eigenvalue weighted by atomic mass is 16.5. The number of carbonyl (C=O) groups excluding carboxylic acids is 1. The highest BCUT2D eigenvalue weighted by Gasteiger charge is 2.34. The van der Waals surface area contributed by atoms with E-state index in [1.165, 1.54) is 51.4 Å². The Morgan fingerprint density at radius 1 is 1.19 bits per heavy atom. The molecule has 2 nitrogen and oxygen atoms in total. The molecular formula is C14H26O2. The molecule has 0 N–H and O–H groups in total. The second-order valence-electron chi connectivity index (χ2n) is 5.15. The van der Waals surface area contributed by atoms with Crippen LogP contribution >= 0.6 is 0 Å². The van der Waals surface area contributed by atoms with E-state index in [4.69, 9.17) is 4.74 Å². The lowest BCUT2D eigenvalue weighted by molar-refractivity contribution is -0.146. The van der Waals surface area contributed by atoms with Crippen LogP contribution in [0.15, 0.2) is 0 Å². The fourth-order valence-electron chi connectivity index (χ4n) is 2.89. The van der Waals surface area contributed by atoms with Crippen LogP contribution in [0.1, 0.15) is 71.6 Å². The molecule has 0 aromatic rings. The summed E-state index contributed by atoms with van der Waals surface area (Å²) in [6.45, 7) is 4.63. The predicted octanol–water partition coefficient (Wildman–Crippen LogP) is 4.08. The molecule has 0 saturated heterocycles. The number of esters is 1. The summed E-state index contributed by atoms with van der Waals surface area (Å²) in [6, 6.07) is 0. The van der Waals surface area contributed by atoms with Gasteiger partial charge in [-0.05, 0) is 31.6 Å². The first kappa shape index (κ1) is 13.5. The van der Waals surface area contributed by atoms with Gasteiger partial charge in [0.2, 0.25) is 0 Å². The Morgan fingerprint density at radius 2 is 1.88 bits per heavy atom. The standard InChI is InChI=1S/C14H26O2/c1-3-5-9-14(10-7-6-8-11-14)12-13(15)16-4-2/h3-12H2,1-2H3. The summed E-state index contributed by atoms with van der Waals surface area (Å²) < 4.78 is 5.11. The van der Waals surface area contributed by atoms with Crippen LogP contribution in [0.5, 0.6) is 0 Å². The van der Waals surface area contributed by atoms with Gasteiger partial charge < -0.3 is 4.74 Å². The fraction of sp³-hybridized carbons (Fsp3) is 0.929. The van der Waals surface area contributed by atoms with Crippen molar-refractivity contribution in [1.29, 1.82) is 0 Å². The van der Waals surface area contributed by atoms with E-state index in [9.17, 15) is 4.79 Å². The second-order valence-corrected chi connectivity index (χ2v) is 5.15. The van der Waals surface area contributed by atoms with E-state index in [-0.39, 0.29) is 11.4 Å². The summed E-state index contributed by atoms with van der Waals surface area (Å²) in [4.78, 5) is 11.7. The summed E-state index contributed by atoms with van der Waals surface area (Å²) in [5.74, 6) is 0.0144. The highest BCUT2D eigenvalue weighted by Crippen LogP contribution is 2.43. The molecule has 1 aliphatic rings. The molecule has 0 amide bonds. The molecule has 0 spiro atoms. The van der Waals surface area contributed by atoms with Crippen molar-refractivity contribution in [3.8, 4) is 0 Å². The van der Waals surface area contributed by atoms with Crippen molar-refractivity contribution in [1.82, 2.24) is 0 Å². The van der Waals surface area contributed by atoms with Gasteiger partial charge in [-0.2, -0.15) is 0 Å². The van der Waals surface area contributed by atoms with Crippen LogP contribution in [-0.2, 0) is 9.53 Å². The van der Waals surface area contributed by atoms with E-state index in [1.807, 2.05) is 6.92 Å². The zero-order valence-electron chi connectivity index (χ0n) is 10.9. The van der Waals surface area contributed by atoms with Crippen LogP contribution in [-0.4, -0.2) is 12.6 Å². The van der Waals surface area contributed by atoms with Gasteiger partial charge in [0.05, 0.1) is 13.0 Å². The van der Waals surface area contributed by atoms with Gasteiger partial charge in [-0.3, -0.25) is 4.79 Å². The third-order valence-corrected chi connectivity index (χ3v) is 3.80. The molecular weight excluding hydrogens is 200 g/mol. The topological polar surface area (TPSA) is 26.3 Å². The Morgan fingerprint density at radius 3 is 2.44 bits per heavy atom. The van der Waals surface area contributed by atoms with Gasteiger partial charge in [0.1, 0.15) is 0 Å². The normalized spacial score (nSPS) is 19.4. The SMILES string of the molecule is CCCCC1(CC(=O)OCC)CCCCC1. The van der Waals surface area contributed by atoms with Crippen LogP contribution in [0.4, 0.5) is 0 Å². The van der Waals surface area contributed by atoms with Gasteiger partial charge >= 0.3 is 5.97 Å². The van der Waals surface area contributed by atoms with E-state index in [0.29, 0.717) is 13.0 Å². The van der Waals surface area contributed by atoms with Crippen molar-refractivity contribution in [2.24, 2.45) is 5.41 Å². The Balaban J connectivity index is 2.51. The smallest absolute Gasteiger partial charge is 0.306 e. The quantitative estimate of drug-likeness (QED) is 0.638. The van der Waals surface area contributed by atoms with Crippen molar-refractivity contribution >= 4 is 5.97 Å². The molecule has 0 aromatic carbocycles. The number of hydrogen-bond donors (Lipinski definition) is 0. The maximum Gasteiger partial charge on any atom is 0.306 e. The first-order valence-electron chi connectivity index (χ1n) is 6.88. The maximum absolute atomic E-state index is 11.7. The third kappa shape index (κ3) is 4.15. The minimum atomic E-state index is 0.0144. The number of ether oxygens (including phenoxy) is 1. The molecule has 94 valence electrons. The van der Waals surface area contributed by atoms with Gasteiger partial charge in [-0.15, -0.1) is 0 Å². The van der Waals surface area contributed by atoms with Crippen molar-refractivity contribution in [3.05, 3.63) is 0 Å². The predicted molar refractivity (Wildman–Crippen MR) is 66.3 cm³/mol. The van der Waals surface area contributed by atoms with E-state index in [2.05, 4.69) is 6.92 Å². The molecule has 0 aliphatic heterocycles. The van der Waals surface area contributed by atoms with Crippen LogP contribution < -0.4 is 0 Å². The molecule has 1 saturated carbocycles. The summed E-state index contributed by atoms with van der Waals surface area (Å²) in [7, 11) is 0. The summed E-state index contributed by atoms with van der Waals surface area (Å²) in [5, 5.41) is 0. The summed E-state index contributed by atoms with van der Waals surface area (Å²) in [6.07, 6.45) is 10.7. The van der Waals surface area contributed by atoms with Crippen molar-refractivity contribution in [3.63, 3.8) is 0 Å². The third-order valence-electron chi connectivity index (χ3n) is 3.80. The molecule has 0 unspecified atom stereocenters. The highest BCUT2D eigenvalue weighted by molar-refractivity contribution is 5.70. The minimum absolute atomic E-state index is 0.0144. The lowest BCUT2D eigenvalue weighted by atomic mass is 9.69. The molecule has 0 radical (unpaired) electrons. The number of unbranched alkanes of at least 4 members (excludes halogenated alkanes) is 1. The number of rotatable bonds is 6. The first-order chi connectivity index (χ1) is 7.72. The molecule has 0 heterocycles. The van der Waals surface area contributed by atoms with Gasteiger partial charge in [0.25, 0.3) is 0 Å². The average Bonchev–Trinajstić information content (AvgIpc) is 2.28. The Hall–Kier alpha value is -0.530. The van der Waals surface area contributed by atoms with Crippen LogP contribution in [0.25, 0.3) is 0 Å². The molecule has 1 aliphatic carbocycles. The van der Waals surface area contributed by atoms with E-state index < -0.39 is 0 Å².